The van der Waals surface area contributed by atoms with Crippen molar-refractivity contribution in [3.05, 3.63) is 24.3 Å². The van der Waals surface area contributed by atoms with Crippen LogP contribution in [0.4, 0.5) is 5.95 Å². The van der Waals surface area contributed by atoms with Gasteiger partial charge in [-0.2, -0.15) is 9.67 Å². The predicted molar refractivity (Wildman–Crippen MR) is 65.5 cm³/mol. The largest absolute Gasteiger partial charge is 0.466 e. The SMILES string of the molecule is COc1nc(N)n(-c2nc3ccccc3s2)n1. The fourth-order valence-electron chi connectivity index (χ4n) is 1.48. The van der Waals surface area contributed by atoms with Gasteiger partial charge >= 0.3 is 6.01 Å². The first kappa shape index (κ1) is 10.0. The summed E-state index contributed by atoms with van der Waals surface area (Å²) in [6.45, 7) is 0. The Labute approximate surface area is 101 Å². The molecule has 0 unspecified atom stereocenters. The summed E-state index contributed by atoms with van der Waals surface area (Å²) in [5, 5.41) is 4.78. The van der Waals surface area contributed by atoms with Crippen molar-refractivity contribution in [1.82, 2.24) is 19.7 Å². The van der Waals surface area contributed by atoms with Crippen LogP contribution in [0.5, 0.6) is 6.01 Å². The number of methoxy groups -OCH3 is 1. The summed E-state index contributed by atoms with van der Waals surface area (Å²) in [5.41, 5.74) is 6.66. The van der Waals surface area contributed by atoms with Crippen molar-refractivity contribution in [3.8, 4) is 11.1 Å². The number of nitrogens with zero attached hydrogens (tertiary/aromatic N) is 4. The van der Waals surface area contributed by atoms with E-state index in [4.69, 9.17) is 10.5 Å². The number of aromatic nitrogens is 4. The highest BCUT2D eigenvalue weighted by molar-refractivity contribution is 7.20. The highest BCUT2D eigenvalue weighted by Gasteiger charge is 2.12. The maximum absolute atomic E-state index is 5.75. The van der Waals surface area contributed by atoms with Crippen LogP contribution in [-0.4, -0.2) is 26.9 Å². The number of fused-ring (bicyclic) bond motifs is 1. The summed E-state index contributed by atoms with van der Waals surface area (Å²) < 4.78 is 7.48. The van der Waals surface area contributed by atoms with Crippen LogP contribution in [0.15, 0.2) is 24.3 Å². The van der Waals surface area contributed by atoms with E-state index in [-0.39, 0.29) is 12.0 Å². The molecular weight excluding hydrogens is 238 g/mol. The van der Waals surface area contributed by atoms with Gasteiger partial charge in [0.25, 0.3) is 0 Å². The topological polar surface area (TPSA) is 78.9 Å². The highest BCUT2D eigenvalue weighted by Crippen LogP contribution is 2.25. The third-order valence-corrected chi connectivity index (χ3v) is 3.27. The summed E-state index contributed by atoms with van der Waals surface area (Å²) in [5.74, 6) is 0.265. The molecule has 0 saturated heterocycles. The normalized spacial score (nSPS) is 10.9. The van der Waals surface area contributed by atoms with Gasteiger partial charge in [-0.3, -0.25) is 0 Å². The first-order chi connectivity index (χ1) is 8.28. The second-order valence-corrected chi connectivity index (χ2v) is 4.34. The van der Waals surface area contributed by atoms with Crippen LogP contribution in [0.3, 0.4) is 0 Å². The molecule has 2 N–H and O–H groups in total. The van der Waals surface area contributed by atoms with Gasteiger partial charge in [-0.1, -0.05) is 23.5 Å². The number of nitrogens with two attached hydrogens (primary N) is 1. The zero-order chi connectivity index (χ0) is 11.8. The molecule has 3 aromatic rings. The first-order valence-corrected chi connectivity index (χ1v) is 5.72. The Morgan fingerprint density at radius 3 is 2.82 bits per heavy atom. The van der Waals surface area contributed by atoms with Gasteiger partial charge in [0, 0.05) is 0 Å². The number of nitrogen functional groups attached to an aromatic ring is 1. The van der Waals surface area contributed by atoms with Crippen LogP contribution in [0.25, 0.3) is 15.3 Å². The molecule has 0 atom stereocenters. The third-order valence-electron chi connectivity index (χ3n) is 2.26. The Bertz CT molecular complexity index is 641. The van der Waals surface area contributed by atoms with Gasteiger partial charge in [0.1, 0.15) is 0 Å². The average molecular weight is 247 g/mol. The van der Waals surface area contributed by atoms with E-state index in [2.05, 4.69) is 15.1 Å². The monoisotopic (exact) mass is 247 g/mol. The number of thiazole rings is 1. The van der Waals surface area contributed by atoms with Crippen molar-refractivity contribution in [2.75, 3.05) is 12.8 Å². The lowest BCUT2D eigenvalue weighted by molar-refractivity contribution is 0.380. The van der Waals surface area contributed by atoms with Crippen LogP contribution in [0, 0.1) is 0 Å². The molecule has 2 heterocycles. The molecule has 0 fully saturated rings. The summed E-state index contributed by atoms with van der Waals surface area (Å²) in [6.07, 6.45) is 0. The molecule has 0 spiro atoms. The van der Waals surface area contributed by atoms with Crippen molar-refractivity contribution >= 4 is 27.5 Å². The van der Waals surface area contributed by atoms with Crippen molar-refractivity contribution in [3.63, 3.8) is 0 Å². The van der Waals surface area contributed by atoms with E-state index >= 15 is 0 Å². The molecule has 86 valence electrons. The Kier molecular flexibility index (Phi) is 2.19. The third kappa shape index (κ3) is 1.60. The number of para-hydroxylation sites is 1. The molecule has 0 bridgehead atoms. The molecule has 7 heteroatoms. The Morgan fingerprint density at radius 2 is 2.12 bits per heavy atom. The maximum atomic E-state index is 5.75. The smallest absolute Gasteiger partial charge is 0.337 e. The highest BCUT2D eigenvalue weighted by atomic mass is 32.1. The maximum Gasteiger partial charge on any atom is 0.337 e. The Hall–Kier alpha value is -2.15. The van der Waals surface area contributed by atoms with Gasteiger partial charge in [-0.25, -0.2) is 4.98 Å². The van der Waals surface area contributed by atoms with E-state index in [1.54, 1.807) is 0 Å². The van der Waals surface area contributed by atoms with Gasteiger partial charge in [-0.05, 0) is 12.1 Å². The first-order valence-electron chi connectivity index (χ1n) is 4.90. The van der Waals surface area contributed by atoms with E-state index in [9.17, 15) is 0 Å². The predicted octanol–water partition coefficient (Wildman–Crippen LogP) is 1.47. The molecule has 3 rings (SSSR count). The lowest BCUT2D eigenvalue weighted by atomic mass is 10.3. The number of hydrogen-bond donors (Lipinski definition) is 1. The molecule has 0 amide bonds. The fourth-order valence-corrected chi connectivity index (χ4v) is 2.41. The van der Waals surface area contributed by atoms with Gasteiger partial charge in [0.2, 0.25) is 11.1 Å². The van der Waals surface area contributed by atoms with Gasteiger partial charge < -0.3 is 10.5 Å². The number of benzene rings is 1. The molecule has 0 aliphatic carbocycles. The zero-order valence-electron chi connectivity index (χ0n) is 8.99. The van der Waals surface area contributed by atoms with E-state index in [1.807, 2.05) is 24.3 Å². The van der Waals surface area contributed by atoms with Crippen molar-refractivity contribution < 1.29 is 4.74 Å². The minimum atomic E-state index is 0.238. The van der Waals surface area contributed by atoms with E-state index in [1.165, 1.54) is 23.1 Å². The lowest BCUT2D eigenvalue weighted by Crippen LogP contribution is -2.01. The van der Waals surface area contributed by atoms with E-state index in [0.29, 0.717) is 5.13 Å². The van der Waals surface area contributed by atoms with Gasteiger partial charge in [0.15, 0.2) is 0 Å². The number of rotatable bonds is 2. The standard InChI is InChI=1S/C10H9N5OS/c1-16-9-13-8(11)15(14-9)10-12-6-4-2-3-5-7(6)17-10/h2-5H,1H3,(H2,11,13,14). The molecule has 17 heavy (non-hydrogen) atoms. The quantitative estimate of drug-likeness (QED) is 0.741. The number of anilines is 1. The molecule has 0 radical (unpaired) electrons. The van der Waals surface area contributed by atoms with Gasteiger partial charge in [0.05, 0.1) is 17.3 Å². The minimum Gasteiger partial charge on any atom is -0.466 e. The van der Waals surface area contributed by atoms with Crippen molar-refractivity contribution in [2.24, 2.45) is 0 Å². The molecule has 2 aromatic heterocycles. The molecule has 0 saturated carbocycles. The Balaban J connectivity index is 2.16. The van der Waals surface area contributed by atoms with E-state index < -0.39 is 0 Å². The lowest BCUT2D eigenvalue weighted by Gasteiger charge is -1.93. The second kappa shape index (κ2) is 3.70. The van der Waals surface area contributed by atoms with Crippen LogP contribution >= 0.6 is 11.3 Å². The van der Waals surface area contributed by atoms with Crippen LogP contribution in [-0.2, 0) is 0 Å². The number of ether oxygens (including phenoxy) is 1. The van der Waals surface area contributed by atoms with Gasteiger partial charge in [-0.15, -0.1) is 5.10 Å². The minimum absolute atomic E-state index is 0.238. The summed E-state index contributed by atoms with van der Waals surface area (Å²) in [6, 6.07) is 8.09. The molecule has 6 nitrogen and oxygen atoms in total. The summed E-state index contributed by atoms with van der Waals surface area (Å²) >= 11 is 1.50. The van der Waals surface area contributed by atoms with Crippen LogP contribution in [0.2, 0.25) is 0 Å². The summed E-state index contributed by atoms with van der Waals surface area (Å²) in [4.78, 5) is 8.38. The van der Waals surface area contributed by atoms with E-state index in [0.717, 1.165) is 10.2 Å². The number of hydrogen-bond acceptors (Lipinski definition) is 6. The Morgan fingerprint density at radius 1 is 1.29 bits per heavy atom. The molecular formula is C10H9N5OS. The fraction of sp³-hybridized carbons (Fsp3) is 0.100. The van der Waals surface area contributed by atoms with Crippen molar-refractivity contribution in [2.45, 2.75) is 0 Å². The second-order valence-electron chi connectivity index (χ2n) is 3.33. The average Bonchev–Trinajstić information content (AvgIpc) is 2.91. The van der Waals surface area contributed by atoms with Crippen LogP contribution in [0.1, 0.15) is 0 Å². The molecule has 0 aliphatic heterocycles. The zero-order valence-corrected chi connectivity index (χ0v) is 9.81. The molecule has 0 aliphatic rings. The molecule has 1 aromatic carbocycles. The van der Waals surface area contributed by atoms with Crippen LogP contribution < -0.4 is 10.5 Å². The summed E-state index contributed by atoms with van der Waals surface area (Å²) in [7, 11) is 1.50. The van der Waals surface area contributed by atoms with Crippen molar-refractivity contribution in [1.29, 1.82) is 0 Å².